The Balaban J connectivity index is 1.16. The molecule has 0 unspecified atom stereocenters. The summed E-state index contributed by atoms with van der Waals surface area (Å²) in [5, 5.41) is 1.11. The Labute approximate surface area is 182 Å². The first-order valence-corrected chi connectivity index (χ1v) is 12.1. The lowest BCUT2D eigenvalue weighted by molar-refractivity contribution is -0.135. The monoisotopic (exact) mass is 428 g/mol. The Morgan fingerprint density at radius 3 is 2.30 bits per heavy atom. The molecule has 6 nitrogen and oxygen atoms in total. The summed E-state index contributed by atoms with van der Waals surface area (Å²) in [6.07, 6.45) is 7.01. The van der Waals surface area contributed by atoms with Crippen LogP contribution in [0, 0.1) is 0 Å². The second-order valence-electron chi connectivity index (χ2n) is 8.38. The van der Waals surface area contributed by atoms with Gasteiger partial charge in [0.05, 0.1) is 21.8 Å². The number of nitrogens with zero attached hydrogens (tertiary/aromatic N) is 4. The van der Waals surface area contributed by atoms with Crippen molar-refractivity contribution < 1.29 is 9.59 Å². The third-order valence-electron chi connectivity index (χ3n) is 6.16. The van der Waals surface area contributed by atoms with Crippen molar-refractivity contribution in [1.29, 1.82) is 0 Å². The Hall–Kier alpha value is -1.99. The molecule has 0 saturated carbocycles. The zero-order valence-electron chi connectivity index (χ0n) is 17.7. The van der Waals surface area contributed by atoms with Crippen LogP contribution in [0.3, 0.4) is 0 Å². The fraction of sp³-hybridized carbons (Fsp3) is 0.609. The Morgan fingerprint density at radius 2 is 1.57 bits per heavy atom. The largest absolute Gasteiger partial charge is 0.342 e. The lowest BCUT2D eigenvalue weighted by atomic mass is 10.2. The molecule has 2 saturated heterocycles. The van der Waals surface area contributed by atoms with Gasteiger partial charge in [-0.25, -0.2) is 4.98 Å². The minimum absolute atomic E-state index is 0.231. The molecule has 2 fully saturated rings. The van der Waals surface area contributed by atoms with E-state index in [1.54, 1.807) is 11.3 Å². The van der Waals surface area contributed by atoms with Gasteiger partial charge < -0.3 is 9.80 Å². The number of amides is 2. The number of benzene rings is 1. The highest BCUT2D eigenvalue weighted by molar-refractivity contribution is 7.18. The zero-order valence-corrected chi connectivity index (χ0v) is 18.5. The van der Waals surface area contributed by atoms with Gasteiger partial charge in [-0.3, -0.25) is 14.5 Å². The maximum absolute atomic E-state index is 12.6. The maximum atomic E-state index is 12.6. The number of hydrogen-bond acceptors (Lipinski definition) is 5. The number of fused-ring (bicyclic) bond motifs is 1. The number of piperazine rings is 1. The highest BCUT2D eigenvalue weighted by Crippen LogP contribution is 2.23. The number of aromatic nitrogens is 1. The van der Waals surface area contributed by atoms with Gasteiger partial charge in [-0.05, 0) is 37.8 Å². The smallest absolute Gasteiger partial charge is 0.236 e. The summed E-state index contributed by atoms with van der Waals surface area (Å²) in [5.74, 6) is 0.488. The first-order valence-electron chi connectivity index (χ1n) is 11.3. The average molecular weight is 429 g/mol. The van der Waals surface area contributed by atoms with Gasteiger partial charge in [-0.1, -0.05) is 25.0 Å². The molecular weight excluding hydrogens is 396 g/mol. The molecule has 0 spiro atoms. The van der Waals surface area contributed by atoms with E-state index in [0.29, 0.717) is 13.0 Å². The van der Waals surface area contributed by atoms with Crippen LogP contribution in [0.1, 0.15) is 43.5 Å². The van der Waals surface area contributed by atoms with E-state index >= 15 is 0 Å². The van der Waals surface area contributed by atoms with Crippen molar-refractivity contribution >= 4 is 33.4 Å². The van der Waals surface area contributed by atoms with Crippen molar-refractivity contribution in [2.45, 2.75) is 44.9 Å². The highest BCUT2D eigenvalue weighted by atomic mass is 32.1. The molecule has 162 valence electrons. The number of para-hydroxylation sites is 1. The molecule has 3 heterocycles. The summed E-state index contributed by atoms with van der Waals surface area (Å²) in [7, 11) is 0. The number of carbonyl (C=O) groups is 2. The first-order chi connectivity index (χ1) is 14.7. The molecule has 2 aliphatic heterocycles. The molecule has 1 aromatic heterocycles. The molecule has 0 N–H and O–H groups in total. The zero-order chi connectivity index (χ0) is 20.8. The van der Waals surface area contributed by atoms with Crippen LogP contribution in [0.2, 0.25) is 0 Å². The summed E-state index contributed by atoms with van der Waals surface area (Å²) < 4.78 is 1.21. The van der Waals surface area contributed by atoms with Gasteiger partial charge >= 0.3 is 0 Å². The van der Waals surface area contributed by atoms with Crippen LogP contribution in [0.15, 0.2) is 24.3 Å². The van der Waals surface area contributed by atoms with E-state index in [0.717, 1.165) is 75.5 Å². The van der Waals surface area contributed by atoms with Crippen LogP contribution in [0.5, 0.6) is 0 Å². The standard InChI is InChI=1S/C23H32N4O2S/c28-22(11-7-10-21-24-19-8-3-4-9-20(19)30-21)27-16-14-25(15-17-27)18-23(29)26-12-5-1-2-6-13-26/h3-4,8-9H,1-2,5-7,10-18H2. The fourth-order valence-corrected chi connectivity index (χ4v) is 5.35. The highest BCUT2D eigenvalue weighted by Gasteiger charge is 2.24. The number of thiazole rings is 1. The van der Waals surface area contributed by atoms with E-state index in [-0.39, 0.29) is 11.8 Å². The van der Waals surface area contributed by atoms with Gasteiger partial charge in [-0.15, -0.1) is 11.3 Å². The third-order valence-corrected chi connectivity index (χ3v) is 7.26. The van der Waals surface area contributed by atoms with E-state index in [9.17, 15) is 9.59 Å². The minimum Gasteiger partial charge on any atom is -0.342 e. The molecule has 0 radical (unpaired) electrons. The predicted octanol–water partition coefficient (Wildman–Crippen LogP) is 3.17. The molecule has 1 aromatic carbocycles. The number of hydrogen-bond donors (Lipinski definition) is 0. The first kappa shape index (κ1) is 21.2. The van der Waals surface area contributed by atoms with E-state index in [2.05, 4.69) is 16.0 Å². The molecule has 2 aromatic rings. The van der Waals surface area contributed by atoms with Crippen molar-refractivity contribution in [3.63, 3.8) is 0 Å². The van der Waals surface area contributed by atoms with Gasteiger partial charge in [0.2, 0.25) is 11.8 Å². The van der Waals surface area contributed by atoms with Crippen LogP contribution in [-0.2, 0) is 16.0 Å². The molecule has 30 heavy (non-hydrogen) atoms. The van der Waals surface area contributed by atoms with E-state index in [1.807, 2.05) is 28.0 Å². The molecule has 0 aliphatic carbocycles. The minimum atomic E-state index is 0.231. The van der Waals surface area contributed by atoms with Crippen molar-refractivity contribution in [2.24, 2.45) is 0 Å². The van der Waals surface area contributed by atoms with E-state index in [1.165, 1.54) is 17.5 Å². The molecular formula is C23H32N4O2S. The summed E-state index contributed by atoms with van der Waals surface area (Å²) >= 11 is 1.72. The normalized spacial score (nSPS) is 18.5. The Bertz CT molecular complexity index is 819. The number of rotatable bonds is 6. The summed E-state index contributed by atoms with van der Waals surface area (Å²) in [6.45, 7) is 5.37. The second kappa shape index (κ2) is 10.4. The lowest BCUT2D eigenvalue weighted by Gasteiger charge is -2.35. The van der Waals surface area contributed by atoms with Crippen molar-refractivity contribution in [3.8, 4) is 0 Å². The molecule has 0 atom stereocenters. The Morgan fingerprint density at radius 1 is 0.867 bits per heavy atom. The van der Waals surface area contributed by atoms with Crippen LogP contribution >= 0.6 is 11.3 Å². The summed E-state index contributed by atoms with van der Waals surface area (Å²) in [6, 6.07) is 8.18. The van der Waals surface area contributed by atoms with Crippen LogP contribution in [0.25, 0.3) is 10.2 Å². The summed E-state index contributed by atoms with van der Waals surface area (Å²) in [5.41, 5.74) is 1.05. The molecule has 2 amide bonds. The van der Waals surface area contributed by atoms with Gasteiger partial charge in [0.1, 0.15) is 0 Å². The quantitative estimate of drug-likeness (QED) is 0.709. The van der Waals surface area contributed by atoms with Gasteiger partial charge in [0, 0.05) is 45.7 Å². The lowest BCUT2D eigenvalue weighted by Crippen LogP contribution is -2.51. The van der Waals surface area contributed by atoms with Gasteiger partial charge in [0.15, 0.2) is 0 Å². The fourth-order valence-electron chi connectivity index (χ4n) is 4.34. The topological polar surface area (TPSA) is 56.8 Å². The van der Waals surface area contributed by atoms with Crippen LogP contribution in [-0.4, -0.2) is 77.3 Å². The number of likely N-dealkylation sites (tertiary alicyclic amines) is 1. The maximum Gasteiger partial charge on any atom is 0.236 e. The van der Waals surface area contributed by atoms with Crippen molar-refractivity contribution in [2.75, 3.05) is 45.8 Å². The Kier molecular flexibility index (Phi) is 7.33. The summed E-state index contributed by atoms with van der Waals surface area (Å²) in [4.78, 5) is 36.0. The second-order valence-corrected chi connectivity index (χ2v) is 9.50. The van der Waals surface area contributed by atoms with Crippen molar-refractivity contribution in [1.82, 2.24) is 19.7 Å². The molecule has 7 heteroatoms. The average Bonchev–Trinajstić information content (AvgIpc) is 2.97. The SMILES string of the molecule is O=C(CCCc1nc2ccccc2s1)N1CCN(CC(=O)N2CCCCCC2)CC1. The predicted molar refractivity (Wildman–Crippen MR) is 121 cm³/mol. The molecule has 0 bridgehead atoms. The number of aryl methyl sites for hydroxylation is 1. The number of carbonyl (C=O) groups excluding carboxylic acids is 2. The van der Waals surface area contributed by atoms with Crippen LogP contribution in [0.4, 0.5) is 0 Å². The molecule has 2 aliphatic rings. The van der Waals surface area contributed by atoms with Gasteiger partial charge in [-0.2, -0.15) is 0 Å². The van der Waals surface area contributed by atoms with E-state index < -0.39 is 0 Å². The van der Waals surface area contributed by atoms with Gasteiger partial charge in [0.25, 0.3) is 0 Å². The third kappa shape index (κ3) is 5.58. The van der Waals surface area contributed by atoms with Crippen LogP contribution < -0.4 is 0 Å². The van der Waals surface area contributed by atoms with Crippen molar-refractivity contribution in [3.05, 3.63) is 29.3 Å². The van der Waals surface area contributed by atoms with E-state index in [4.69, 9.17) is 0 Å². The molecule has 4 rings (SSSR count).